The highest BCUT2D eigenvalue weighted by molar-refractivity contribution is 5.78. The van der Waals surface area contributed by atoms with Crippen molar-refractivity contribution in [3.8, 4) is 5.75 Å². The molecule has 1 aliphatic rings. The van der Waals surface area contributed by atoms with Gasteiger partial charge in [0.25, 0.3) is 0 Å². The maximum atomic E-state index is 13.9. The lowest BCUT2D eigenvalue weighted by molar-refractivity contribution is -0.122. The summed E-state index contributed by atoms with van der Waals surface area (Å²) in [5.41, 5.74) is 1.52. The van der Waals surface area contributed by atoms with E-state index in [1.807, 2.05) is 36.1 Å². The second-order valence-electron chi connectivity index (χ2n) is 6.89. The average molecular weight is 374 g/mol. The molecule has 1 N–H and O–H groups in total. The lowest BCUT2D eigenvalue weighted by atomic mass is 10.2. The van der Waals surface area contributed by atoms with Crippen molar-refractivity contribution in [1.82, 2.24) is 10.2 Å². The van der Waals surface area contributed by atoms with Crippen LogP contribution < -0.4 is 10.1 Å². The number of carbonyl (C=O) groups excluding carboxylic acids is 1. The van der Waals surface area contributed by atoms with Crippen molar-refractivity contribution < 1.29 is 18.3 Å². The lowest BCUT2D eigenvalue weighted by Gasteiger charge is -2.21. The van der Waals surface area contributed by atoms with Gasteiger partial charge in [0.2, 0.25) is 5.91 Å². The molecule has 1 aliphatic carbocycles. The van der Waals surface area contributed by atoms with E-state index in [2.05, 4.69) is 5.32 Å². The molecule has 2 aromatic carbocycles. The summed E-state index contributed by atoms with van der Waals surface area (Å²) in [5.74, 6) is -0.527. The van der Waals surface area contributed by atoms with Gasteiger partial charge in [0.15, 0.2) is 0 Å². The zero-order valence-corrected chi connectivity index (χ0v) is 15.4. The molecule has 0 saturated heterocycles. The number of carbonyl (C=O) groups is 1. The van der Waals surface area contributed by atoms with Crippen molar-refractivity contribution in [3.63, 3.8) is 0 Å². The number of hydrogen-bond donors (Lipinski definition) is 1. The number of halogens is 2. The van der Waals surface area contributed by atoms with E-state index in [1.54, 1.807) is 0 Å². The second kappa shape index (κ2) is 8.95. The fourth-order valence-electron chi connectivity index (χ4n) is 2.93. The lowest BCUT2D eigenvalue weighted by Crippen LogP contribution is -2.39. The maximum Gasteiger partial charge on any atom is 0.234 e. The minimum absolute atomic E-state index is 0.128. The first kappa shape index (κ1) is 19.3. The van der Waals surface area contributed by atoms with Crippen LogP contribution in [0.4, 0.5) is 8.78 Å². The average Bonchev–Trinajstić information content (AvgIpc) is 3.45. The number of nitrogens with zero attached hydrogens (tertiary/aromatic N) is 1. The number of amides is 1. The van der Waals surface area contributed by atoms with Crippen molar-refractivity contribution >= 4 is 5.91 Å². The summed E-state index contributed by atoms with van der Waals surface area (Å²) < 4.78 is 32.6. The quantitative estimate of drug-likeness (QED) is 0.684. The van der Waals surface area contributed by atoms with Crippen molar-refractivity contribution in [2.75, 3.05) is 19.7 Å². The predicted molar refractivity (Wildman–Crippen MR) is 99.5 cm³/mol. The van der Waals surface area contributed by atoms with Crippen LogP contribution in [0.15, 0.2) is 42.5 Å². The molecule has 2 aromatic rings. The molecule has 1 saturated carbocycles. The minimum Gasteiger partial charge on any atom is -0.492 e. The third kappa shape index (κ3) is 6.03. The third-order valence-corrected chi connectivity index (χ3v) is 4.48. The van der Waals surface area contributed by atoms with Crippen LogP contribution >= 0.6 is 0 Å². The van der Waals surface area contributed by atoms with Gasteiger partial charge in [0.1, 0.15) is 24.0 Å². The van der Waals surface area contributed by atoms with E-state index in [-0.39, 0.29) is 18.5 Å². The Hall–Kier alpha value is -2.47. The number of hydrogen-bond acceptors (Lipinski definition) is 3. The van der Waals surface area contributed by atoms with Gasteiger partial charge < -0.3 is 10.1 Å². The van der Waals surface area contributed by atoms with Gasteiger partial charge in [0.05, 0.1) is 13.1 Å². The number of rotatable bonds is 9. The number of aryl methyl sites for hydroxylation is 1. The van der Waals surface area contributed by atoms with E-state index >= 15 is 0 Å². The van der Waals surface area contributed by atoms with E-state index in [4.69, 9.17) is 4.74 Å². The van der Waals surface area contributed by atoms with Crippen LogP contribution in [0.5, 0.6) is 5.75 Å². The molecule has 0 unspecified atom stereocenters. The normalized spacial score (nSPS) is 13.6. The molecule has 0 aliphatic heterocycles. The van der Waals surface area contributed by atoms with Crippen molar-refractivity contribution in [2.45, 2.75) is 32.4 Å². The first-order valence-corrected chi connectivity index (χ1v) is 9.15. The molecular formula is C21H24F2N2O2. The monoisotopic (exact) mass is 374 g/mol. The first-order chi connectivity index (χ1) is 13.0. The summed E-state index contributed by atoms with van der Waals surface area (Å²) in [6.07, 6.45) is 1.99. The summed E-state index contributed by atoms with van der Waals surface area (Å²) in [4.78, 5) is 14.2. The van der Waals surface area contributed by atoms with E-state index in [1.165, 1.54) is 12.1 Å². The molecule has 0 spiro atoms. The molecule has 4 nitrogen and oxygen atoms in total. The van der Waals surface area contributed by atoms with Crippen LogP contribution in [0.2, 0.25) is 0 Å². The SMILES string of the molecule is Cc1cccc(OCCNC(=O)CN(Cc2ccc(F)cc2F)C2CC2)c1. The molecule has 1 amide bonds. The van der Waals surface area contributed by atoms with Crippen LogP contribution in [0.1, 0.15) is 24.0 Å². The Morgan fingerprint density at radius 2 is 2.04 bits per heavy atom. The smallest absolute Gasteiger partial charge is 0.234 e. The fraction of sp³-hybridized carbons (Fsp3) is 0.381. The summed E-state index contributed by atoms with van der Waals surface area (Å²) >= 11 is 0. The highest BCUT2D eigenvalue weighted by atomic mass is 19.1. The Morgan fingerprint density at radius 1 is 1.22 bits per heavy atom. The van der Waals surface area contributed by atoms with Gasteiger partial charge in [-0.15, -0.1) is 0 Å². The zero-order chi connectivity index (χ0) is 19.2. The van der Waals surface area contributed by atoms with E-state index < -0.39 is 11.6 Å². The van der Waals surface area contributed by atoms with E-state index in [0.29, 0.717) is 25.3 Å². The summed E-state index contributed by atoms with van der Waals surface area (Å²) in [7, 11) is 0. The van der Waals surface area contributed by atoms with Gasteiger partial charge in [-0.2, -0.15) is 0 Å². The molecule has 27 heavy (non-hydrogen) atoms. The van der Waals surface area contributed by atoms with Gasteiger partial charge in [-0.3, -0.25) is 9.69 Å². The predicted octanol–water partition coefficient (Wildman–Crippen LogP) is 3.43. The van der Waals surface area contributed by atoms with E-state index in [0.717, 1.165) is 30.2 Å². The minimum atomic E-state index is -0.597. The Balaban J connectivity index is 1.44. The molecule has 1 fully saturated rings. The Bertz CT molecular complexity index is 794. The fourth-order valence-corrected chi connectivity index (χ4v) is 2.93. The molecule has 0 aromatic heterocycles. The molecule has 6 heteroatoms. The maximum absolute atomic E-state index is 13.9. The number of benzene rings is 2. The molecular weight excluding hydrogens is 350 g/mol. The van der Waals surface area contributed by atoms with Crippen LogP contribution in [-0.4, -0.2) is 36.5 Å². The molecule has 0 radical (unpaired) electrons. The van der Waals surface area contributed by atoms with Gasteiger partial charge in [-0.25, -0.2) is 8.78 Å². The topological polar surface area (TPSA) is 41.6 Å². The Morgan fingerprint density at radius 3 is 2.74 bits per heavy atom. The Kier molecular flexibility index (Phi) is 6.40. The molecule has 0 atom stereocenters. The van der Waals surface area contributed by atoms with Crippen LogP contribution in [0, 0.1) is 18.6 Å². The molecule has 144 valence electrons. The summed E-state index contributed by atoms with van der Waals surface area (Å²) in [6.45, 7) is 3.25. The number of ether oxygens (including phenoxy) is 1. The standard InChI is InChI=1S/C21H24F2N2O2/c1-15-3-2-4-19(11-15)27-10-9-24-21(26)14-25(18-7-8-18)13-16-5-6-17(22)12-20(16)23/h2-6,11-12,18H,7-10,13-14H2,1H3,(H,24,26). The van der Waals surface area contributed by atoms with Crippen LogP contribution in [0.25, 0.3) is 0 Å². The van der Waals surface area contributed by atoms with Crippen molar-refractivity contribution in [1.29, 1.82) is 0 Å². The highest BCUT2D eigenvalue weighted by Crippen LogP contribution is 2.28. The van der Waals surface area contributed by atoms with E-state index in [9.17, 15) is 13.6 Å². The van der Waals surface area contributed by atoms with Crippen molar-refractivity contribution in [3.05, 3.63) is 65.2 Å². The summed E-state index contributed by atoms with van der Waals surface area (Å²) in [5, 5.41) is 2.83. The zero-order valence-electron chi connectivity index (χ0n) is 15.4. The van der Waals surface area contributed by atoms with Crippen LogP contribution in [-0.2, 0) is 11.3 Å². The first-order valence-electron chi connectivity index (χ1n) is 9.15. The molecule has 0 heterocycles. The summed E-state index contributed by atoms with van der Waals surface area (Å²) in [6, 6.07) is 11.6. The van der Waals surface area contributed by atoms with Crippen LogP contribution in [0.3, 0.4) is 0 Å². The third-order valence-electron chi connectivity index (χ3n) is 4.48. The largest absolute Gasteiger partial charge is 0.492 e. The van der Waals surface area contributed by atoms with Gasteiger partial charge in [-0.1, -0.05) is 18.2 Å². The van der Waals surface area contributed by atoms with Gasteiger partial charge >= 0.3 is 0 Å². The van der Waals surface area contributed by atoms with Gasteiger partial charge in [-0.05, 0) is 43.5 Å². The molecule has 3 rings (SSSR count). The second-order valence-corrected chi connectivity index (χ2v) is 6.89. The van der Waals surface area contributed by atoms with Crippen molar-refractivity contribution in [2.24, 2.45) is 0 Å². The number of nitrogens with one attached hydrogen (secondary N) is 1. The van der Waals surface area contributed by atoms with Gasteiger partial charge in [0, 0.05) is 24.2 Å². The highest BCUT2D eigenvalue weighted by Gasteiger charge is 2.30. The molecule has 0 bridgehead atoms. The Labute approximate surface area is 158 Å².